The van der Waals surface area contributed by atoms with E-state index in [2.05, 4.69) is 0 Å². The largest absolute Gasteiger partial charge is 0.396 e. The van der Waals surface area contributed by atoms with E-state index in [1.165, 1.54) is 4.31 Å². The molecule has 2 rings (SSSR count). The summed E-state index contributed by atoms with van der Waals surface area (Å²) in [5, 5.41) is 9.16. The molecule has 0 unspecified atom stereocenters. The molecular formula is C11H21NO4S. The Morgan fingerprint density at radius 3 is 2.71 bits per heavy atom. The van der Waals surface area contributed by atoms with Gasteiger partial charge in [-0.2, -0.15) is 0 Å². The third kappa shape index (κ3) is 2.99. The van der Waals surface area contributed by atoms with Gasteiger partial charge in [0.1, 0.15) is 0 Å². The molecule has 0 saturated carbocycles. The molecule has 0 aliphatic carbocycles. The van der Waals surface area contributed by atoms with E-state index in [1.807, 2.05) is 6.92 Å². The number of rotatable bonds is 4. The van der Waals surface area contributed by atoms with Gasteiger partial charge in [0.2, 0.25) is 10.0 Å². The van der Waals surface area contributed by atoms with E-state index in [9.17, 15) is 8.42 Å². The van der Waals surface area contributed by atoms with Crippen LogP contribution in [0.4, 0.5) is 0 Å². The van der Waals surface area contributed by atoms with E-state index in [0.29, 0.717) is 19.7 Å². The Hall–Kier alpha value is -0.170. The van der Waals surface area contributed by atoms with Crippen molar-refractivity contribution in [2.45, 2.75) is 25.9 Å². The van der Waals surface area contributed by atoms with Gasteiger partial charge in [-0.3, -0.25) is 0 Å². The third-order valence-corrected chi connectivity index (χ3v) is 5.66. The molecule has 3 atom stereocenters. The van der Waals surface area contributed by atoms with Crippen molar-refractivity contribution in [3.8, 4) is 0 Å². The maximum Gasteiger partial charge on any atom is 0.216 e. The minimum Gasteiger partial charge on any atom is -0.396 e. The lowest BCUT2D eigenvalue weighted by atomic mass is 10.00. The highest BCUT2D eigenvalue weighted by atomic mass is 32.2. The fraction of sp³-hybridized carbons (Fsp3) is 1.00. The number of nitrogens with zero attached hydrogens (tertiary/aromatic N) is 1. The van der Waals surface area contributed by atoms with Crippen molar-refractivity contribution >= 4 is 10.0 Å². The molecule has 5 nitrogen and oxygen atoms in total. The van der Waals surface area contributed by atoms with Crippen LogP contribution in [0.1, 0.15) is 19.8 Å². The average molecular weight is 263 g/mol. The van der Waals surface area contributed by atoms with E-state index in [1.54, 1.807) is 0 Å². The highest BCUT2D eigenvalue weighted by molar-refractivity contribution is 7.89. The van der Waals surface area contributed by atoms with Crippen molar-refractivity contribution in [1.82, 2.24) is 4.31 Å². The van der Waals surface area contributed by atoms with Crippen molar-refractivity contribution < 1.29 is 18.3 Å². The standard InChI is InChI=1S/C11H21NO4S/c1-9-5-12(6-10(9)7-13)17(14,15)8-11-3-2-4-16-11/h9-11,13H,2-8H2,1H3/t9-,10+,11-/m1/s1. The van der Waals surface area contributed by atoms with Gasteiger partial charge >= 0.3 is 0 Å². The first kappa shape index (κ1) is 13.3. The Kier molecular flexibility index (Phi) is 4.07. The smallest absolute Gasteiger partial charge is 0.216 e. The second kappa shape index (κ2) is 5.22. The Balaban J connectivity index is 1.96. The molecule has 0 amide bonds. The molecule has 2 aliphatic rings. The van der Waals surface area contributed by atoms with Crippen molar-refractivity contribution in [3.05, 3.63) is 0 Å². The van der Waals surface area contributed by atoms with Crippen LogP contribution in [0, 0.1) is 11.8 Å². The van der Waals surface area contributed by atoms with Gasteiger partial charge in [0.05, 0.1) is 11.9 Å². The summed E-state index contributed by atoms with van der Waals surface area (Å²) in [4.78, 5) is 0. The van der Waals surface area contributed by atoms with Crippen LogP contribution in [0.5, 0.6) is 0 Å². The molecule has 0 radical (unpaired) electrons. The molecule has 0 aromatic carbocycles. The minimum atomic E-state index is -3.22. The second-order valence-corrected chi connectivity index (χ2v) is 7.16. The third-order valence-electron chi connectivity index (χ3n) is 3.78. The molecule has 100 valence electrons. The summed E-state index contributed by atoms with van der Waals surface area (Å²) < 4.78 is 31.2. The number of aliphatic hydroxyl groups is 1. The molecular weight excluding hydrogens is 242 g/mol. The summed E-state index contributed by atoms with van der Waals surface area (Å²) in [6, 6.07) is 0. The number of sulfonamides is 1. The van der Waals surface area contributed by atoms with E-state index >= 15 is 0 Å². The number of ether oxygens (including phenoxy) is 1. The normalized spacial score (nSPS) is 35.5. The Morgan fingerprint density at radius 2 is 2.18 bits per heavy atom. The highest BCUT2D eigenvalue weighted by Crippen LogP contribution is 2.26. The zero-order chi connectivity index (χ0) is 12.5. The molecule has 17 heavy (non-hydrogen) atoms. The topological polar surface area (TPSA) is 66.8 Å². The Bertz CT molecular complexity index is 350. The fourth-order valence-electron chi connectivity index (χ4n) is 2.57. The number of hydrogen-bond donors (Lipinski definition) is 1. The lowest BCUT2D eigenvalue weighted by Crippen LogP contribution is -2.35. The van der Waals surface area contributed by atoms with Gasteiger partial charge in [-0.15, -0.1) is 0 Å². The summed E-state index contributed by atoms with van der Waals surface area (Å²) in [6.45, 7) is 3.71. The molecule has 1 N–H and O–H groups in total. The number of hydrogen-bond acceptors (Lipinski definition) is 4. The van der Waals surface area contributed by atoms with Crippen LogP contribution in [0.3, 0.4) is 0 Å². The average Bonchev–Trinajstić information content (AvgIpc) is 2.87. The highest BCUT2D eigenvalue weighted by Gasteiger charge is 2.37. The van der Waals surface area contributed by atoms with Gasteiger partial charge in [0, 0.05) is 26.3 Å². The summed E-state index contributed by atoms with van der Waals surface area (Å²) in [6.07, 6.45) is 1.66. The predicted octanol–water partition coefficient (Wildman–Crippen LogP) is 0.0554. The van der Waals surface area contributed by atoms with Gasteiger partial charge in [0.15, 0.2) is 0 Å². The number of aliphatic hydroxyl groups excluding tert-OH is 1. The summed E-state index contributed by atoms with van der Waals surface area (Å²) in [5.41, 5.74) is 0. The van der Waals surface area contributed by atoms with E-state index in [0.717, 1.165) is 12.8 Å². The SMILES string of the molecule is C[C@@H]1CN(S(=O)(=O)C[C@H]2CCCO2)C[C@H]1CO. The van der Waals surface area contributed by atoms with Gasteiger partial charge < -0.3 is 9.84 Å². The van der Waals surface area contributed by atoms with Crippen molar-refractivity contribution in [1.29, 1.82) is 0 Å². The van der Waals surface area contributed by atoms with Gasteiger partial charge in [-0.05, 0) is 24.7 Å². The molecule has 0 bridgehead atoms. The molecule has 0 aromatic rings. The summed E-state index contributed by atoms with van der Waals surface area (Å²) in [5.74, 6) is 0.409. The summed E-state index contributed by atoms with van der Waals surface area (Å²) >= 11 is 0. The molecule has 0 aromatic heterocycles. The van der Waals surface area contributed by atoms with Crippen LogP contribution in [-0.2, 0) is 14.8 Å². The van der Waals surface area contributed by atoms with E-state index in [-0.39, 0.29) is 30.3 Å². The minimum absolute atomic E-state index is 0.0626. The molecule has 0 spiro atoms. The quantitative estimate of drug-likeness (QED) is 0.778. The van der Waals surface area contributed by atoms with E-state index in [4.69, 9.17) is 9.84 Å². The van der Waals surface area contributed by atoms with E-state index < -0.39 is 10.0 Å². The van der Waals surface area contributed by atoms with Crippen molar-refractivity contribution in [3.63, 3.8) is 0 Å². The lowest BCUT2D eigenvalue weighted by Gasteiger charge is -2.18. The van der Waals surface area contributed by atoms with Crippen LogP contribution >= 0.6 is 0 Å². The van der Waals surface area contributed by atoms with Crippen LogP contribution in [0.25, 0.3) is 0 Å². The molecule has 6 heteroatoms. The van der Waals surface area contributed by atoms with Gasteiger partial charge in [0.25, 0.3) is 0 Å². The van der Waals surface area contributed by atoms with Crippen LogP contribution < -0.4 is 0 Å². The zero-order valence-corrected chi connectivity index (χ0v) is 11.0. The Morgan fingerprint density at radius 1 is 1.41 bits per heavy atom. The van der Waals surface area contributed by atoms with Crippen molar-refractivity contribution in [2.24, 2.45) is 11.8 Å². The van der Waals surface area contributed by atoms with Crippen LogP contribution in [-0.4, -0.2) is 56.0 Å². The maximum absolute atomic E-state index is 12.2. The van der Waals surface area contributed by atoms with Gasteiger partial charge in [-0.25, -0.2) is 12.7 Å². The molecule has 2 heterocycles. The Labute approximate surface area is 103 Å². The first-order valence-corrected chi connectivity index (χ1v) is 7.84. The first-order valence-electron chi connectivity index (χ1n) is 6.23. The molecule has 2 fully saturated rings. The lowest BCUT2D eigenvalue weighted by molar-refractivity contribution is 0.126. The predicted molar refractivity (Wildman–Crippen MR) is 64.1 cm³/mol. The first-order chi connectivity index (χ1) is 8.03. The monoisotopic (exact) mass is 263 g/mol. The second-order valence-electron chi connectivity index (χ2n) is 5.15. The fourth-order valence-corrected chi connectivity index (χ4v) is 4.39. The summed E-state index contributed by atoms with van der Waals surface area (Å²) in [7, 11) is -3.22. The van der Waals surface area contributed by atoms with Crippen LogP contribution in [0.15, 0.2) is 0 Å². The van der Waals surface area contributed by atoms with Crippen molar-refractivity contribution in [2.75, 3.05) is 32.1 Å². The van der Waals surface area contributed by atoms with Crippen LogP contribution in [0.2, 0.25) is 0 Å². The zero-order valence-electron chi connectivity index (χ0n) is 10.2. The maximum atomic E-state index is 12.2. The molecule has 2 saturated heterocycles. The van der Waals surface area contributed by atoms with Gasteiger partial charge in [-0.1, -0.05) is 6.92 Å². The molecule has 2 aliphatic heterocycles.